The Bertz CT molecular complexity index is 292. The van der Waals surface area contributed by atoms with Crippen LogP contribution in [0.25, 0.3) is 0 Å². The van der Waals surface area contributed by atoms with E-state index in [1.807, 2.05) is 0 Å². The molecule has 1 heterocycles. The average Bonchev–Trinajstić information content (AvgIpc) is 2.07. The molecule has 0 radical (unpaired) electrons. The lowest BCUT2D eigenvalue weighted by Gasteiger charge is -2.21. The molecule has 2 N–H and O–H groups in total. The van der Waals surface area contributed by atoms with E-state index in [4.69, 9.17) is 5.73 Å². The van der Waals surface area contributed by atoms with Gasteiger partial charge in [0, 0.05) is 11.8 Å². The van der Waals surface area contributed by atoms with E-state index in [2.05, 4.69) is 4.98 Å². The first kappa shape index (κ1) is 10.9. The maximum absolute atomic E-state index is 12.7. The Morgan fingerprint density at radius 2 is 2.00 bits per heavy atom. The van der Waals surface area contributed by atoms with Crippen LogP contribution in [-0.4, -0.2) is 11.4 Å². The topological polar surface area (TPSA) is 38.9 Å². The van der Waals surface area contributed by atoms with Gasteiger partial charge in [-0.3, -0.25) is 0 Å². The summed E-state index contributed by atoms with van der Waals surface area (Å²) in [6.07, 6.45) is -0.900. The zero-order valence-electron chi connectivity index (χ0n) is 8.24. The Kier molecular flexibility index (Phi) is 3.38. The number of nitrogens with two attached hydrogens (primary N) is 1. The molecule has 0 bridgehead atoms. The first-order valence-corrected chi connectivity index (χ1v) is 4.52. The lowest BCUT2D eigenvalue weighted by atomic mass is 9.89. The Hall–Kier alpha value is -1.19. The minimum atomic E-state index is -2.40. The minimum absolute atomic E-state index is 0.151. The molecule has 0 aliphatic heterocycles. The molecule has 1 aromatic rings. The Labute approximate surface area is 82.1 Å². The highest BCUT2D eigenvalue weighted by atomic mass is 19.3. The van der Waals surface area contributed by atoms with E-state index in [-0.39, 0.29) is 11.7 Å². The molecule has 0 fully saturated rings. The molecule has 0 aliphatic carbocycles. The largest absolute Gasteiger partial charge is 0.383 e. The van der Waals surface area contributed by atoms with Crippen molar-refractivity contribution in [3.05, 3.63) is 23.9 Å². The maximum atomic E-state index is 12.7. The van der Waals surface area contributed by atoms with Crippen LogP contribution in [0.5, 0.6) is 0 Å². The summed E-state index contributed by atoms with van der Waals surface area (Å²) in [6.45, 7) is 3.51. The highest BCUT2D eigenvalue weighted by molar-refractivity contribution is 5.41. The number of hydrogen-bond acceptors (Lipinski definition) is 2. The Balaban J connectivity index is 3.05. The van der Waals surface area contributed by atoms with Crippen LogP contribution in [-0.2, 0) is 0 Å². The van der Waals surface area contributed by atoms with Crippen molar-refractivity contribution >= 4 is 5.82 Å². The van der Waals surface area contributed by atoms with E-state index in [0.29, 0.717) is 5.56 Å². The highest BCUT2D eigenvalue weighted by Gasteiger charge is 2.27. The molecular formula is C10H14F2N2. The fourth-order valence-electron chi connectivity index (χ4n) is 1.50. The molecule has 0 saturated heterocycles. The third-order valence-electron chi connectivity index (χ3n) is 2.22. The third kappa shape index (κ3) is 2.19. The van der Waals surface area contributed by atoms with E-state index in [1.54, 1.807) is 26.0 Å². The summed E-state index contributed by atoms with van der Waals surface area (Å²) in [7, 11) is 0. The zero-order valence-corrected chi connectivity index (χ0v) is 8.24. The van der Waals surface area contributed by atoms with Crippen LogP contribution < -0.4 is 5.73 Å². The summed E-state index contributed by atoms with van der Waals surface area (Å²) in [5.74, 6) is -0.781. The first-order valence-electron chi connectivity index (χ1n) is 4.52. The number of nitrogens with zero attached hydrogens (tertiary/aromatic N) is 1. The summed E-state index contributed by atoms with van der Waals surface area (Å²) in [6, 6.07) is 3.24. The Morgan fingerprint density at radius 3 is 2.43 bits per heavy atom. The SMILES string of the molecule is CC(C)[C@@H](c1cccnc1N)C(F)F. The van der Waals surface area contributed by atoms with Crippen LogP contribution in [0.4, 0.5) is 14.6 Å². The molecule has 0 unspecified atom stereocenters. The van der Waals surface area contributed by atoms with Gasteiger partial charge in [-0.2, -0.15) is 0 Å². The molecule has 0 saturated carbocycles. The molecule has 0 aromatic carbocycles. The fraction of sp³-hybridized carbons (Fsp3) is 0.500. The van der Waals surface area contributed by atoms with Crippen LogP contribution in [0.3, 0.4) is 0 Å². The van der Waals surface area contributed by atoms with Crippen LogP contribution in [0, 0.1) is 5.92 Å². The number of nitrogen functional groups attached to an aromatic ring is 1. The zero-order chi connectivity index (χ0) is 10.7. The lowest BCUT2D eigenvalue weighted by Crippen LogP contribution is -2.17. The predicted octanol–water partition coefficient (Wildman–Crippen LogP) is 2.67. The molecule has 14 heavy (non-hydrogen) atoms. The summed E-state index contributed by atoms with van der Waals surface area (Å²) in [5.41, 5.74) is 5.99. The van der Waals surface area contributed by atoms with Gasteiger partial charge < -0.3 is 5.73 Å². The van der Waals surface area contributed by atoms with Crippen LogP contribution in [0.1, 0.15) is 25.3 Å². The standard InChI is InChI=1S/C10H14F2N2/c1-6(2)8(9(11)12)7-4-3-5-14-10(7)13/h3-6,8-9H,1-2H3,(H2,13,14)/t8-/m0/s1. The van der Waals surface area contributed by atoms with Crippen LogP contribution in [0.2, 0.25) is 0 Å². The molecule has 0 spiro atoms. The number of hydrogen-bond donors (Lipinski definition) is 1. The van der Waals surface area contributed by atoms with Crippen molar-refractivity contribution in [3.63, 3.8) is 0 Å². The number of pyridine rings is 1. The second-order valence-corrected chi connectivity index (χ2v) is 3.58. The van der Waals surface area contributed by atoms with E-state index in [0.717, 1.165) is 0 Å². The monoisotopic (exact) mass is 200 g/mol. The quantitative estimate of drug-likeness (QED) is 0.814. The molecule has 1 rings (SSSR count). The van der Waals surface area contributed by atoms with Crippen molar-refractivity contribution in [2.75, 3.05) is 5.73 Å². The second-order valence-electron chi connectivity index (χ2n) is 3.58. The summed E-state index contributed by atoms with van der Waals surface area (Å²) >= 11 is 0. The molecule has 78 valence electrons. The lowest BCUT2D eigenvalue weighted by molar-refractivity contribution is 0.0936. The van der Waals surface area contributed by atoms with Crippen molar-refractivity contribution < 1.29 is 8.78 Å². The van der Waals surface area contributed by atoms with Crippen molar-refractivity contribution in [2.45, 2.75) is 26.2 Å². The van der Waals surface area contributed by atoms with Gasteiger partial charge in [-0.25, -0.2) is 13.8 Å². The van der Waals surface area contributed by atoms with E-state index in [1.165, 1.54) is 6.20 Å². The van der Waals surface area contributed by atoms with Crippen molar-refractivity contribution in [2.24, 2.45) is 5.92 Å². The minimum Gasteiger partial charge on any atom is -0.383 e. The van der Waals surface area contributed by atoms with Gasteiger partial charge in [0.2, 0.25) is 6.43 Å². The average molecular weight is 200 g/mol. The molecule has 2 nitrogen and oxygen atoms in total. The van der Waals surface area contributed by atoms with Crippen molar-refractivity contribution in [1.29, 1.82) is 0 Å². The highest BCUT2D eigenvalue weighted by Crippen LogP contribution is 2.32. The second kappa shape index (κ2) is 4.35. The predicted molar refractivity (Wildman–Crippen MR) is 52.2 cm³/mol. The van der Waals surface area contributed by atoms with Gasteiger partial charge in [-0.1, -0.05) is 19.9 Å². The van der Waals surface area contributed by atoms with E-state index >= 15 is 0 Å². The van der Waals surface area contributed by atoms with Gasteiger partial charge in [0.15, 0.2) is 0 Å². The number of anilines is 1. The van der Waals surface area contributed by atoms with Gasteiger partial charge in [-0.05, 0) is 12.0 Å². The first-order chi connectivity index (χ1) is 6.54. The summed E-state index contributed by atoms with van der Waals surface area (Å²) in [4.78, 5) is 3.81. The Morgan fingerprint density at radius 1 is 1.36 bits per heavy atom. The molecule has 4 heteroatoms. The van der Waals surface area contributed by atoms with Gasteiger partial charge in [0.25, 0.3) is 0 Å². The number of halogens is 2. The third-order valence-corrected chi connectivity index (χ3v) is 2.22. The maximum Gasteiger partial charge on any atom is 0.245 e. The van der Waals surface area contributed by atoms with Gasteiger partial charge in [0.1, 0.15) is 5.82 Å². The van der Waals surface area contributed by atoms with Gasteiger partial charge in [0.05, 0.1) is 5.92 Å². The van der Waals surface area contributed by atoms with Crippen LogP contribution in [0.15, 0.2) is 18.3 Å². The summed E-state index contributed by atoms with van der Waals surface area (Å²) < 4.78 is 25.5. The van der Waals surface area contributed by atoms with E-state index < -0.39 is 12.3 Å². The molecular weight excluding hydrogens is 186 g/mol. The molecule has 1 aromatic heterocycles. The van der Waals surface area contributed by atoms with Crippen molar-refractivity contribution in [3.8, 4) is 0 Å². The number of rotatable bonds is 3. The smallest absolute Gasteiger partial charge is 0.245 e. The molecule has 0 aliphatic rings. The number of alkyl halides is 2. The van der Waals surface area contributed by atoms with Crippen LogP contribution >= 0.6 is 0 Å². The normalized spacial score (nSPS) is 13.6. The summed E-state index contributed by atoms with van der Waals surface area (Å²) in [5, 5.41) is 0. The number of aromatic nitrogens is 1. The molecule has 1 atom stereocenters. The van der Waals surface area contributed by atoms with Gasteiger partial charge >= 0.3 is 0 Å². The van der Waals surface area contributed by atoms with Gasteiger partial charge in [-0.15, -0.1) is 0 Å². The fourth-order valence-corrected chi connectivity index (χ4v) is 1.50. The molecule has 0 amide bonds. The van der Waals surface area contributed by atoms with E-state index in [9.17, 15) is 8.78 Å². The van der Waals surface area contributed by atoms with Crippen molar-refractivity contribution in [1.82, 2.24) is 4.98 Å².